The third kappa shape index (κ3) is 3.17. The molecular formula is C14H19ClN4OS. The summed E-state index contributed by atoms with van der Waals surface area (Å²) in [6.07, 6.45) is 0. The predicted octanol–water partition coefficient (Wildman–Crippen LogP) is 2.84. The Kier molecular flexibility index (Phi) is 5.13. The molecule has 1 aromatic carbocycles. The van der Waals surface area contributed by atoms with Crippen molar-refractivity contribution < 1.29 is 4.52 Å². The molecule has 7 heteroatoms. The van der Waals surface area contributed by atoms with Crippen LogP contribution in [0.3, 0.4) is 0 Å². The van der Waals surface area contributed by atoms with Crippen LogP contribution in [0, 0.1) is 0 Å². The average Bonchev–Trinajstić information content (AvgIpc) is 2.91. The number of halogens is 1. The number of thioether (sulfide) groups is 1. The number of nitrogens with two attached hydrogens (primary N) is 1. The molecule has 2 unspecified atom stereocenters. The molecule has 3 rings (SSSR count). The molecule has 2 heterocycles. The molecule has 0 saturated heterocycles. The van der Waals surface area contributed by atoms with Gasteiger partial charge in [-0.2, -0.15) is 4.98 Å². The molecule has 0 saturated carbocycles. The summed E-state index contributed by atoms with van der Waals surface area (Å²) in [5, 5.41) is 4.52. The third-order valence-corrected chi connectivity index (χ3v) is 5.02. The van der Waals surface area contributed by atoms with Gasteiger partial charge in [-0.05, 0) is 19.1 Å². The number of benzene rings is 1. The Morgan fingerprint density at radius 1 is 1.33 bits per heavy atom. The number of hydrogen-bond donors (Lipinski definition) is 1. The molecule has 1 aromatic heterocycles. The molecule has 2 atom stereocenters. The van der Waals surface area contributed by atoms with Gasteiger partial charge in [-0.25, -0.2) is 0 Å². The summed E-state index contributed by atoms with van der Waals surface area (Å²) in [4.78, 5) is 7.95. The molecule has 0 spiro atoms. The average molecular weight is 327 g/mol. The summed E-state index contributed by atoms with van der Waals surface area (Å²) in [5.74, 6) is 1.17. The van der Waals surface area contributed by atoms with Gasteiger partial charge in [-0.15, -0.1) is 24.2 Å². The minimum Gasteiger partial charge on any atom is -0.359 e. The first-order chi connectivity index (χ1) is 9.69. The normalized spacial score (nSPS) is 20.8. The molecule has 0 fully saturated rings. The zero-order valence-corrected chi connectivity index (χ0v) is 13.7. The van der Waals surface area contributed by atoms with Crippen LogP contribution in [-0.2, 0) is 13.1 Å². The van der Waals surface area contributed by atoms with Gasteiger partial charge in [-0.1, -0.05) is 24.2 Å². The van der Waals surface area contributed by atoms with Gasteiger partial charge in [-0.3, -0.25) is 0 Å². The predicted molar refractivity (Wildman–Crippen MR) is 86.8 cm³/mol. The second-order valence-corrected chi connectivity index (χ2v) is 6.39. The van der Waals surface area contributed by atoms with E-state index in [1.54, 1.807) is 0 Å². The van der Waals surface area contributed by atoms with Crippen molar-refractivity contribution in [3.8, 4) is 0 Å². The molecule has 0 amide bonds. The maximum Gasteiger partial charge on any atom is 0.240 e. The summed E-state index contributed by atoms with van der Waals surface area (Å²) < 4.78 is 5.09. The number of anilines is 1. The van der Waals surface area contributed by atoms with E-state index in [2.05, 4.69) is 53.2 Å². The van der Waals surface area contributed by atoms with E-state index >= 15 is 0 Å². The number of aromatic nitrogens is 2. The van der Waals surface area contributed by atoms with E-state index < -0.39 is 0 Å². The number of hydrogen-bond acceptors (Lipinski definition) is 6. The highest BCUT2D eigenvalue weighted by Gasteiger charge is 2.29. The highest BCUT2D eigenvalue weighted by atomic mass is 35.5. The van der Waals surface area contributed by atoms with Crippen molar-refractivity contribution in [1.29, 1.82) is 0 Å². The molecule has 2 N–H and O–H groups in total. The lowest BCUT2D eigenvalue weighted by molar-refractivity contribution is 0.373. The zero-order chi connectivity index (χ0) is 14.1. The molecule has 0 aliphatic carbocycles. The van der Waals surface area contributed by atoms with Crippen molar-refractivity contribution in [2.24, 2.45) is 5.73 Å². The van der Waals surface area contributed by atoms with Crippen LogP contribution in [0.5, 0.6) is 0 Å². The Bertz CT molecular complexity index is 606. The van der Waals surface area contributed by atoms with Gasteiger partial charge in [0.25, 0.3) is 0 Å². The fraction of sp³-hybridized carbons (Fsp3) is 0.429. The van der Waals surface area contributed by atoms with Crippen molar-refractivity contribution in [3.05, 3.63) is 36.0 Å². The van der Waals surface area contributed by atoms with Crippen LogP contribution in [0.15, 0.2) is 33.7 Å². The van der Waals surface area contributed by atoms with E-state index in [0.29, 0.717) is 29.6 Å². The Morgan fingerprint density at radius 2 is 2.10 bits per heavy atom. The minimum absolute atomic E-state index is 0. The number of fused-ring (bicyclic) bond motifs is 1. The van der Waals surface area contributed by atoms with E-state index in [9.17, 15) is 0 Å². The monoisotopic (exact) mass is 326 g/mol. The second kappa shape index (κ2) is 6.68. The standard InChI is InChI=1S/C14H18N4OS.ClH/c1-9-10(2)20-12-6-4-3-5-11(12)18(9)8-13-16-14(7-15)19-17-13;/h3-6,9-10H,7-8,15H2,1-2H3;1H. The topological polar surface area (TPSA) is 68.2 Å². The number of nitrogens with zero attached hydrogens (tertiary/aromatic N) is 3. The van der Waals surface area contributed by atoms with Crippen LogP contribution in [0.25, 0.3) is 0 Å². The maximum absolute atomic E-state index is 5.51. The summed E-state index contributed by atoms with van der Waals surface area (Å²) in [5.41, 5.74) is 6.75. The molecule has 114 valence electrons. The van der Waals surface area contributed by atoms with Crippen molar-refractivity contribution >= 4 is 29.9 Å². The molecule has 2 aromatic rings. The van der Waals surface area contributed by atoms with Crippen molar-refractivity contribution in [2.45, 2.75) is 43.1 Å². The molecule has 1 aliphatic heterocycles. The largest absolute Gasteiger partial charge is 0.359 e. The van der Waals surface area contributed by atoms with E-state index in [0.717, 1.165) is 0 Å². The van der Waals surface area contributed by atoms with Gasteiger partial charge in [0.2, 0.25) is 5.89 Å². The summed E-state index contributed by atoms with van der Waals surface area (Å²) in [6, 6.07) is 8.87. The van der Waals surface area contributed by atoms with Crippen LogP contribution in [0.1, 0.15) is 25.6 Å². The van der Waals surface area contributed by atoms with Gasteiger partial charge >= 0.3 is 0 Å². The molecule has 0 bridgehead atoms. The first kappa shape index (κ1) is 16.1. The van der Waals surface area contributed by atoms with E-state index in [4.69, 9.17) is 10.3 Å². The van der Waals surface area contributed by atoms with Gasteiger partial charge < -0.3 is 15.2 Å². The van der Waals surface area contributed by atoms with Gasteiger partial charge in [0, 0.05) is 16.2 Å². The summed E-state index contributed by atoms with van der Waals surface area (Å²) in [7, 11) is 0. The Balaban J connectivity index is 0.00000161. The Morgan fingerprint density at radius 3 is 2.81 bits per heavy atom. The smallest absolute Gasteiger partial charge is 0.240 e. The highest BCUT2D eigenvalue weighted by Crippen LogP contribution is 2.41. The third-order valence-electron chi connectivity index (χ3n) is 3.66. The second-order valence-electron chi connectivity index (χ2n) is 4.97. The Labute approximate surface area is 134 Å². The highest BCUT2D eigenvalue weighted by molar-refractivity contribution is 8.00. The van der Waals surface area contributed by atoms with E-state index in [1.165, 1.54) is 10.6 Å². The van der Waals surface area contributed by atoms with Crippen LogP contribution in [0.2, 0.25) is 0 Å². The Hall–Kier alpha value is -1.24. The van der Waals surface area contributed by atoms with Crippen LogP contribution < -0.4 is 10.6 Å². The molecule has 5 nitrogen and oxygen atoms in total. The molecular weight excluding hydrogens is 308 g/mol. The van der Waals surface area contributed by atoms with Gasteiger partial charge in [0.1, 0.15) is 0 Å². The maximum atomic E-state index is 5.51. The first-order valence-electron chi connectivity index (χ1n) is 6.73. The number of para-hydroxylation sites is 1. The van der Waals surface area contributed by atoms with Crippen LogP contribution >= 0.6 is 24.2 Å². The first-order valence-corrected chi connectivity index (χ1v) is 7.61. The van der Waals surface area contributed by atoms with E-state index in [-0.39, 0.29) is 19.0 Å². The molecule has 0 radical (unpaired) electrons. The SMILES string of the molecule is CC1Sc2ccccc2N(Cc2noc(CN)n2)C1C.Cl. The van der Waals surface area contributed by atoms with Crippen molar-refractivity contribution in [2.75, 3.05) is 4.90 Å². The molecule has 21 heavy (non-hydrogen) atoms. The van der Waals surface area contributed by atoms with Crippen molar-refractivity contribution in [3.63, 3.8) is 0 Å². The van der Waals surface area contributed by atoms with Crippen LogP contribution in [0.4, 0.5) is 5.69 Å². The van der Waals surface area contributed by atoms with Crippen molar-refractivity contribution in [1.82, 2.24) is 10.1 Å². The van der Waals surface area contributed by atoms with E-state index in [1.807, 2.05) is 11.8 Å². The fourth-order valence-corrected chi connectivity index (χ4v) is 3.59. The molecule has 1 aliphatic rings. The zero-order valence-electron chi connectivity index (χ0n) is 12.0. The summed E-state index contributed by atoms with van der Waals surface area (Å²) >= 11 is 1.92. The fourth-order valence-electron chi connectivity index (χ4n) is 2.38. The minimum atomic E-state index is 0. The summed E-state index contributed by atoms with van der Waals surface area (Å²) in [6.45, 7) is 5.41. The van der Waals surface area contributed by atoms with Gasteiger partial charge in [0.15, 0.2) is 5.82 Å². The lowest BCUT2D eigenvalue weighted by atomic mass is 10.1. The quantitative estimate of drug-likeness (QED) is 0.935. The van der Waals surface area contributed by atoms with Crippen LogP contribution in [-0.4, -0.2) is 21.4 Å². The number of rotatable bonds is 3. The lowest BCUT2D eigenvalue weighted by Crippen LogP contribution is -2.41. The van der Waals surface area contributed by atoms with Gasteiger partial charge in [0.05, 0.1) is 18.8 Å². The lowest BCUT2D eigenvalue weighted by Gasteiger charge is -2.39.